The Morgan fingerprint density at radius 3 is 2.33 bits per heavy atom. The molecule has 1 aromatic heterocycles. The molecule has 0 aliphatic heterocycles. The van der Waals surface area contributed by atoms with Crippen LogP contribution in [0.4, 0.5) is 8.78 Å². The van der Waals surface area contributed by atoms with E-state index in [0.717, 1.165) is 17.2 Å². The zero-order valence-corrected chi connectivity index (χ0v) is 13.3. The summed E-state index contributed by atoms with van der Waals surface area (Å²) in [5.74, 6) is -1.20. The van der Waals surface area contributed by atoms with Crippen LogP contribution in [0.3, 0.4) is 0 Å². The maximum Gasteiger partial charge on any atom is 0.126 e. The molecule has 0 spiro atoms. The minimum absolute atomic E-state index is 0.310. The molecule has 122 valence electrons. The van der Waals surface area contributed by atoms with Gasteiger partial charge in [-0.2, -0.15) is 0 Å². The lowest BCUT2D eigenvalue weighted by Crippen LogP contribution is -2.16. The second kappa shape index (κ2) is 6.89. The number of hydrogen-bond acceptors (Lipinski definition) is 2. The lowest BCUT2D eigenvalue weighted by atomic mass is 9.96. The van der Waals surface area contributed by atoms with Crippen molar-refractivity contribution in [1.82, 2.24) is 4.98 Å². The van der Waals surface area contributed by atoms with E-state index in [4.69, 9.17) is 5.73 Å². The molecule has 1 atom stereocenters. The second-order valence-corrected chi connectivity index (χ2v) is 5.89. The van der Waals surface area contributed by atoms with Gasteiger partial charge >= 0.3 is 0 Å². The fourth-order valence-electron chi connectivity index (χ4n) is 2.77. The van der Waals surface area contributed by atoms with Crippen LogP contribution in [0.2, 0.25) is 0 Å². The van der Waals surface area contributed by atoms with E-state index in [-0.39, 0.29) is 0 Å². The predicted molar refractivity (Wildman–Crippen MR) is 91.4 cm³/mol. The molecule has 0 bridgehead atoms. The van der Waals surface area contributed by atoms with Gasteiger partial charge in [0.2, 0.25) is 0 Å². The van der Waals surface area contributed by atoms with Crippen molar-refractivity contribution in [2.24, 2.45) is 5.73 Å². The summed E-state index contributed by atoms with van der Waals surface area (Å²) in [6, 6.07) is 14.9. The van der Waals surface area contributed by atoms with Crippen LogP contribution < -0.4 is 5.73 Å². The van der Waals surface area contributed by atoms with Gasteiger partial charge in [-0.25, -0.2) is 8.78 Å². The summed E-state index contributed by atoms with van der Waals surface area (Å²) in [4.78, 5) is 4.41. The molecule has 0 aliphatic carbocycles. The Labute approximate surface area is 140 Å². The van der Waals surface area contributed by atoms with Gasteiger partial charge in [0.15, 0.2) is 0 Å². The van der Waals surface area contributed by atoms with Crippen molar-refractivity contribution in [2.45, 2.75) is 19.4 Å². The minimum Gasteiger partial charge on any atom is -0.322 e. The summed E-state index contributed by atoms with van der Waals surface area (Å²) in [6.45, 7) is 2.03. The Bertz CT molecular complexity index is 824. The van der Waals surface area contributed by atoms with Crippen molar-refractivity contribution in [3.05, 3.63) is 89.2 Å². The summed E-state index contributed by atoms with van der Waals surface area (Å²) in [5.41, 5.74) is 10.6. The summed E-state index contributed by atoms with van der Waals surface area (Å²) in [6.07, 6.45) is 1.99. The van der Waals surface area contributed by atoms with Gasteiger partial charge in [0.1, 0.15) is 11.6 Å². The zero-order chi connectivity index (χ0) is 17.1. The number of nitrogens with two attached hydrogens (primary N) is 1. The number of benzene rings is 2. The van der Waals surface area contributed by atoms with Crippen LogP contribution in [0.1, 0.15) is 22.9 Å². The molecule has 0 saturated heterocycles. The van der Waals surface area contributed by atoms with Gasteiger partial charge in [-0.3, -0.25) is 4.98 Å². The molecule has 24 heavy (non-hydrogen) atoms. The van der Waals surface area contributed by atoms with E-state index in [1.807, 2.05) is 43.3 Å². The average Bonchev–Trinajstić information content (AvgIpc) is 2.54. The van der Waals surface area contributed by atoms with Crippen LogP contribution in [-0.2, 0) is 6.42 Å². The first-order valence-corrected chi connectivity index (χ1v) is 7.75. The van der Waals surface area contributed by atoms with Gasteiger partial charge in [-0.1, -0.05) is 35.9 Å². The third-order valence-corrected chi connectivity index (χ3v) is 3.93. The van der Waals surface area contributed by atoms with Crippen molar-refractivity contribution in [2.75, 3.05) is 0 Å². The lowest BCUT2D eigenvalue weighted by molar-refractivity contribution is 0.576. The van der Waals surface area contributed by atoms with Crippen molar-refractivity contribution < 1.29 is 8.78 Å². The third kappa shape index (κ3) is 3.66. The highest BCUT2D eigenvalue weighted by Gasteiger charge is 2.15. The maximum absolute atomic E-state index is 13.4. The Morgan fingerprint density at radius 2 is 1.67 bits per heavy atom. The molecule has 2 N–H and O–H groups in total. The molecule has 0 fully saturated rings. The van der Waals surface area contributed by atoms with Gasteiger partial charge in [-0.05, 0) is 42.7 Å². The maximum atomic E-state index is 13.4. The number of halogens is 2. The molecule has 0 radical (unpaired) electrons. The minimum atomic E-state index is -0.600. The van der Waals surface area contributed by atoms with E-state index in [0.29, 0.717) is 17.7 Å². The van der Waals surface area contributed by atoms with E-state index in [2.05, 4.69) is 4.98 Å². The first kappa shape index (κ1) is 16.3. The van der Waals surface area contributed by atoms with E-state index in [9.17, 15) is 8.78 Å². The Morgan fingerprint density at radius 1 is 1.00 bits per heavy atom. The smallest absolute Gasteiger partial charge is 0.126 e. The highest BCUT2D eigenvalue weighted by atomic mass is 19.1. The van der Waals surface area contributed by atoms with Crippen molar-refractivity contribution in [3.8, 4) is 11.1 Å². The van der Waals surface area contributed by atoms with Gasteiger partial charge in [-0.15, -0.1) is 0 Å². The highest BCUT2D eigenvalue weighted by molar-refractivity contribution is 5.66. The van der Waals surface area contributed by atoms with Crippen LogP contribution in [0.15, 0.2) is 60.8 Å². The second-order valence-electron chi connectivity index (χ2n) is 5.89. The van der Waals surface area contributed by atoms with E-state index in [1.54, 1.807) is 6.20 Å². The molecule has 0 aliphatic rings. The molecule has 3 aromatic rings. The van der Waals surface area contributed by atoms with Crippen molar-refractivity contribution >= 4 is 0 Å². The molecule has 0 saturated carbocycles. The monoisotopic (exact) mass is 324 g/mol. The summed E-state index contributed by atoms with van der Waals surface area (Å²) < 4.78 is 26.7. The standard InChI is InChI=1S/C20H18F2N2/c1-13-4-6-15(7-5-13)18-3-2-8-24-20(18)19(23)11-14-9-16(21)12-17(22)10-14/h2-10,12,19H,11,23H2,1H3/t19-/m0/s1. The number of aryl methyl sites for hydroxylation is 1. The summed E-state index contributed by atoms with van der Waals surface area (Å²) in [5, 5.41) is 0. The van der Waals surface area contributed by atoms with Crippen LogP contribution in [0.5, 0.6) is 0 Å². The molecule has 4 heteroatoms. The molecule has 2 aromatic carbocycles. The molecule has 1 heterocycles. The number of hydrogen-bond donors (Lipinski definition) is 1. The summed E-state index contributed by atoms with van der Waals surface area (Å²) >= 11 is 0. The van der Waals surface area contributed by atoms with E-state index < -0.39 is 17.7 Å². The van der Waals surface area contributed by atoms with Crippen molar-refractivity contribution in [3.63, 3.8) is 0 Å². The number of rotatable bonds is 4. The van der Waals surface area contributed by atoms with Crippen LogP contribution in [0, 0.1) is 18.6 Å². The number of nitrogens with zero attached hydrogens (tertiary/aromatic N) is 1. The van der Waals surface area contributed by atoms with E-state index >= 15 is 0 Å². The van der Waals surface area contributed by atoms with Crippen LogP contribution >= 0.6 is 0 Å². The number of aromatic nitrogens is 1. The fraction of sp³-hybridized carbons (Fsp3) is 0.150. The van der Waals surface area contributed by atoms with E-state index in [1.165, 1.54) is 17.7 Å². The summed E-state index contributed by atoms with van der Waals surface area (Å²) in [7, 11) is 0. The molecule has 2 nitrogen and oxygen atoms in total. The van der Waals surface area contributed by atoms with Crippen LogP contribution in [0.25, 0.3) is 11.1 Å². The quantitative estimate of drug-likeness (QED) is 0.763. The first-order valence-electron chi connectivity index (χ1n) is 7.75. The molecular weight excluding hydrogens is 306 g/mol. The topological polar surface area (TPSA) is 38.9 Å². The average molecular weight is 324 g/mol. The van der Waals surface area contributed by atoms with Gasteiger partial charge in [0, 0.05) is 17.8 Å². The SMILES string of the molecule is Cc1ccc(-c2cccnc2[C@@H](N)Cc2cc(F)cc(F)c2)cc1. The fourth-order valence-corrected chi connectivity index (χ4v) is 2.77. The predicted octanol–water partition coefficient (Wildman–Crippen LogP) is 4.58. The molecule has 0 unspecified atom stereocenters. The normalized spacial score (nSPS) is 12.2. The van der Waals surface area contributed by atoms with Crippen molar-refractivity contribution in [1.29, 1.82) is 0 Å². The first-order chi connectivity index (χ1) is 11.5. The Balaban J connectivity index is 1.92. The van der Waals surface area contributed by atoms with Gasteiger partial charge in [0.05, 0.1) is 11.7 Å². The molecular formula is C20H18F2N2. The Kier molecular flexibility index (Phi) is 4.67. The van der Waals surface area contributed by atoms with Gasteiger partial charge in [0.25, 0.3) is 0 Å². The number of pyridine rings is 1. The third-order valence-electron chi connectivity index (χ3n) is 3.93. The lowest BCUT2D eigenvalue weighted by Gasteiger charge is -2.16. The van der Waals surface area contributed by atoms with Gasteiger partial charge < -0.3 is 5.73 Å². The van der Waals surface area contributed by atoms with Crippen LogP contribution in [-0.4, -0.2) is 4.98 Å². The molecule has 0 amide bonds. The largest absolute Gasteiger partial charge is 0.322 e. The highest BCUT2D eigenvalue weighted by Crippen LogP contribution is 2.27. The molecule has 3 rings (SSSR count). The Hall–Kier alpha value is -2.59. The zero-order valence-electron chi connectivity index (χ0n) is 13.3.